The maximum Gasteiger partial charge on any atom is 0.431 e. The van der Waals surface area contributed by atoms with Gasteiger partial charge in [-0.3, -0.25) is 9.36 Å². The number of benzene rings is 1. The number of ether oxygens (including phenoxy) is 1. The smallest absolute Gasteiger partial charge is 0.431 e. The molecule has 32 heavy (non-hydrogen) atoms. The van der Waals surface area contributed by atoms with Gasteiger partial charge in [0.1, 0.15) is 11.5 Å². The van der Waals surface area contributed by atoms with Crippen LogP contribution in [0.25, 0.3) is 5.69 Å². The summed E-state index contributed by atoms with van der Waals surface area (Å²) < 4.78 is 58.4. The van der Waals surface area contributed by atoms with E-state index in [-0.39, 0.29) is 41.8 Å². The Kier molecular flexibility index (Phi) is 6.47. The Labute approximate surface area is 188 Å². The molecule has 1 N–H and O–H groups in total. The number of nitrogens with zero attached hydrogens (tertiary/aromatic N) is 2. The number of hydrogen-bond donors (Lipinski definition) is 1. The van der Waals surface area contributed by atoms with Crippen LogP contribution >= 0.6 is 23.8 Å². The van der Waals surface area contributed by atoms with Crippen molar-refractivity contribution >= 4 is 35.5 Å². The molecule has 0 radical (unpaired) electrons. The van der Waals surface area contributed by atoms with E-state index in [2.05, 4.69) is 5.16 Å². The van der Waals surface area contributed by atoms with E-state index in [0.29, 0.717) is 4.57 Å². The summed E-state index contributed by atoms with van der Waals surface area (Å²) in [5, 5.41) is 3.78. The number of esters is 1. The van der Waals surface area contributed by atoms with E-state index in [1.807, 2.05) is 4.98 Å². The monoisotopic (exact) mass is 493 g/mol. The molecule has 1 aromatic carbocycles. The summed E-state index contributed by atoms with van der Waals surface area (Å²) in [6.45, 7) is 3.44. The molecule has 2 aromatic rings. The zero-order valence-electron chi connectivity index (χ0n) is 16.7. The first-order chi connectivity index (χ1) is 14.9. The van der Waals surface area contributed by atoms with Crippen LogP contribution in [0.15, 0.2) is 28.1 Å². The number of H-pyrrole nitrogens is 1. The van der Waals surface area contributed by atoms with Crippen molar-refractivity contribution in [2.75, 3.05) is 6.61 Å². The third-order valence-electron chi connectivity index (χ3n) is 4.83. The van der Waals surface area contributed by atoms with E-state index in [0.717, 1.165) is 12.1 Å². The van der Waals surface area contributed by atoms with Gasteiger partial charge in [-0.15, -0.1) is 0 Å². The Balaban J connectivity index is 2.09. The second kappa shape index (κ2) is 8.66. The molecule has 0 bridgehead atoms. The van der Waals surface area contributed by atoms with Gasteiger partial charge in [-0.2, -0.15) is 13.2 Å². The zero-order valence-corrected chi connectivity index (χ0v) is 18.3. The lowest BCUT2D eigenvalue weighted by Gasteiger charge is -2.22. The number of aromatic amines is 1. The van der Waals surface area contributed by atoms with Gasteiger partial charge in [-0.05, 0) is 37.7 Å². The average molecular weight is 494 g/mol. The average Bonchev–Trinajstić information content (AvgIpc) is 3.14. The third kappa shape index (κ3) is 4.29. The summed E-state index contributed by atoms with van der Waals surface area (Å²) in [5.74, 6) is -1.65. The maximum absolute atomic E-state index is 14.7. The number of halogens is 5. The molecular weight excluding hydrogens is 478 g/mol. The van der Waals surface area contributed by atoms with Crippen LogP contribution in [-0.2, 0) is 20.5 Å². The van der Waals surface area contributed by atoms with Crippen LogP contribution in [-0.4, -0.2) is 33.4 Å². The van der Waals surface area contributed by atoms with E-state index in [1.54, 1.807) is 13.8 Å². The zero-order chi connectivity index (χ0) is 23.8. The predicted octanol–water partition coefficient (Wildman–Crippen LogP) is 4.54. The molecule has 0 fully saturated rings. The largest absolute Gasteiger partial charge is 0.463 e. The van der Waals surface area contributed by atoms with Crippen LogP contribution < -0.4 is 5.56 Å². The van der Waals surface area contributed by atoms with Gasteiger partial charge in [-0.25, -0.2) is 9.18 Å². The maximum atomic E-state index is 14.7. The highest BCUT2D eigenvalue weighted by atomic mass is 35.5. The fourth-order valence-corrected chi connectivity index (χ4v) is 3.69. The molecule has 13 heteroatoms. The topological polar surface area (TPSA) is 85.7 Å². The molecule has 0 amide bonds. The van der Waals surface area contributed by atoms with E-state index in [1.165, 1.54) is 0 Å². The molecule has 3 rings (SSSR count). The molecule has 2 heterocycles. The quantitative estimate of drug-likeness (QED) is 0.375. The van der Waals surface area contributed by atoms with E-state index < -0.39 is 45.3 Å². The standard InChI is InChI=1S/C19H16ClF4N3O4S/c1-3-18(16(29)30-4-2)8-12(26-31-18)9-5-13(11(21)6-10(9)20)27-15(28)7-14(19(22,23)24)25-17(27)32/h5-7H,3-4,8H2,1-2H3,(H,25,32). The van der Waals surface area contributed by atoms with Gasteiger partial charge < -0.3 is 14.6 Å². The van der Waals surface area contributed by atoms with Crippen molar-refractivity contribution in [3.8, 4) is 5.69 Å². The minimum Gasteiger partial charge on any atom is -0.463 e. The third-order valence-corrected chi connectivity index (χ3v) is 5.43. The molecule has 0 spiro atoms. The Bertz CT molecular complexity index is 1190. The lowest BCUT2D eigenvalue weighted by Crippen LogP contribution is -2.40. The number of carbonyl (C=O) groups is 1. The van der Waals surface area contributed by atoms with Crippen LogP contribution in [0.1, 0.15) is 37.9 Å². The van der Waals surface area contributed by atoms with Gasteiger partial charge in [0, 0.05) is 18.1 Å². The molecule has 1 aliphatic rings. The first-order valence-corrected chi connectivity index (χ1v) is 10.1. The Morgan fingerprint density at radius 1 is 1.38 bits per heavy atom. The van der Waals surface area contributed by atoms with Crippen molar-refractivity contribution < 1.29 is 31.9 Å². The lowest BCUT2D eigenvalue weighted by atomic mass is 9.91. The summed E-state index contributed by atoms with van der Waals surface area (Å²) in [4.78, 5) is 31.9. The lowest BCUT2D eigenvalue weighted by molar-refractivity contribution is -0.169. The van der Waals surface area contributed by atoms with Crippen molar-refractivity contribution in [1.82, 2.24) is 9.55 Å². The van der Waals surface area contributed by atoms with Crippen LogP contribution in [0.3, 0.4) is 0 Å². The van der Waals surface area contributed by atoms with Gasteiger partial charge in [0.15, 0.2) is 4.77 Å². The van der Waals surface area contributed by atoms with Gasteiger partial charge >= 0.3 is 12.1 Å². The molecule has 1 atom stereocenters. The normalized spacial score (nSPS) is 18.3. The van der Waals surface area contributed by atoms with E-state index in [4.69, 9.17) is 33.4 Å². The minimum absolute atomic E-state index is 0.0537. The number of oxime groups is 1. The summed E-state index contributed by atoms with van der Waals surface area (Å²) in [5.41, 5.74) is -4.13. The van der Waals surface area contributed by atoms with Crippen molar-refractivity contribution in [2.24, 2.45) is 5.16 Å². The first kappa shape index (κ1) is 23.9. The molecule has 0 saturated carbocycles. The number of carbonyl (C=O) groups excluding carboxylic acids is 1. The summed E-state index contributed by atoms with van der Waals surface area (Å²) in [6.07, 6.45) is -4.68. The van der Waals surface area contributed by atoms with Crippen molar-refractivity contribution in [3.63, 3.8) is 0 Å². The molecule has 7 nitrogen and oxygen atoms in total. The van der Waals surface area contributed by atoms with Crippen molar-refractivity contribution in [3.05, 3.63) is 55.4 Å². The number of nitrogens with one attached hydrogen (secondary N) is 1. The second-order valence-corrected chi connectivity index (χ2v) is 7.61. The second-order valence-electron chi connectivity index (χ2n) is 6.82. The van der Waals surface area contributed by atoms with Crippen molar-refractivity contribution in [1.29, 1.82) is 0 Å². The first-order valence-electron chi connectivity index (χ1n) is 9.29. The molecule has 1 aliphatic heterocycles. The highest BCUT2D eigenvalue weighted by molar-refractivity contribution is 7.71. The molecule has 1 unspecified atom stereocenters. The Morgan fingerprint density at radius 2 is 2.06 bits per heavy atom. The molecular formula is C19H16ClF4N3O4S. The van der Waals surface area contributed by atoms with E-state index in [9.17, 15) is 27.2 Å². The Morgan fingerprint density at radius 3 is 2.62 bits per heavy atom. The van der Waals surface area contributed by atoms with Crippen LogP contribution in [0, 0.1) is 10.6 Å². The SMILES string of the molecule is CCOC(=O)C1(CC)CC(c2cc(-n3c(=O)cc(C(F)(F)F)[nH]c3=S)c(F)cc2Cl)=NO1. The molecule has 1 aromatic heterocycles. The van der Waals surface area contributed by atoms with Crippen LogP contribution in [0.2, 0.25) is 5.02 Å². The number of aromatic nitrogens is 2. The predicted molar refractivity (Wildman–Crippen MR) is 109 cm³/mol. The summed E-state index contributed by atoms with van der Waals surface area (Å²) in [7, 11) is 0. The fourth-order valence-electron chi connectivity index (χ4n) is 3.13. The van der Waals surface area contributed by atoms with Crippen LogP contribution in [0.4, 0.5) is 17.6 Å². The van der Waals surface area contributed by atoms with Gasteiger partial charge in [-0.1, -0.05) is 23.7 Å². The van der Waals surface area contributed by atoms with Gasteiger partial charge in [0.05, 0.1) is 23.0 Å². The Hall–Kier alpha value is -2.73. The number of alkyl halides is 3. The molecule has 0 aliphatic carbocycles. The highest BCUT2D eigenvalue weighted by Crippen LogP contribution is 2.34. The van der Waals surface area contributed by atoms with E-state index >= 15 is 0 Å². The summed E-state index contributed by atoms with van der Waals surface area (Å²) >= 11 is 11.0. The molecule has 0 saturated heterocycles. The number of hydrogen-bond acceptors (Lipinski definition) is 6. The highest BCUT2D eigenvalue weighted by Gasteiger charge is 2.47. The summed E-state index contributed by atoms with van der Waals surface area (Å²) in [6, 6.07) is 2.24. The number of rotatable bonds is 5. The fraction of sp³-hybridized carbons (Fsp3) is 0.368. The van der Waals surface area contributed by atoms with Crippen molar-refractivity contribution in [2.45, 2.75) is 38.5 Å². The van der Waals surface area contributed by atoms with Crippen LogP contribution in [0.5, 0.6) is 0 Å². The van der Waals surface area contributed by atoms with Gasteiger partial charge in [0.25, 0.3) is 5.56 Å². The molecule has 172 valence electrons. The van der Waals surface area contributed by atoms with Gasteiger partial charge in [0.2, 0.25) is 5.60 Å². The minimum atomic E-state index is -4.85.